The van der Waals surface area contributed by atoms with Gasteiger partial charge in [-0.1, -0.05) is 56.5 Å². The molecular weight excluding hydrogens is 537 g/mol. The zero-order valence-corrected chi connectivity index (χ0v) is 21.7. The molecule has 0 aromatic heterocycles. The van der Waals surface area contributed by atoms with E-state index in [-0.39, 0.29) is 35.1 Å². The summed E-state index contributed by atoms with van der Waals surface area (Å²) in [6.45, 7) is 2.45. The fourth-order valence-corrected chi connectivity index (χ4v) is 4.50. The maximum Gasteiger partial charge on any atom is 0.573 e. The van der Waals surface area contributed by atoms with Crippen LogP contribution in [0, 0.1) is 23.3 Å². The maximum absolute atomic E-state index is 15.3. The van der Waals surface area contributed by atoms with Crippen molar-refractivity contribution < 1.29 is 40.2 Å². The van der Waals surface area contributed by atoms with Gasteiger partial charge in [0, 0.05) is 17.5 Å². The third-order valence-electron chi connectivity index (χ3n) is 6.51. The summed E-state index contributed by atoms with van der Waals surface area (Å²) >= 11 is 0. The Bertz CT molecular complexity index is 1460. The van der Waals surface area contributed by atoms with Crippen LogP contribution in [-0.4, -0.2) is 13.0 Å². The normalized spacial score (nSPS) is 11.7. The number of unbranched alkanes of at least 4 members (excludes halogenated alkanes) is 3. The molecule has 0 atom stereocenters. The van der Waals surface area contributed by atoms with Gasteiger partial charge in [-0.25, -0.2) is 17.6 Å². The lowest BCUT2D eigenvalue weighted by Crippen LogP contribution is -2.18. The largest absolute Gasteiger partial charge is 0.573 e. The first-order valence-corrected chi connectivity index (χ1v) is 12.9. The molecule has 0 N–H and O–H groups in total. The molecule has 9 heteroatoms. The first kappa shape index (κ1) is 29.2. The average molecular weight is 565 g/mol. The van der Waals surface area contributed by atoms with Gasteiger partial charge in [0.15, 0.2) is 11.6 Å². The fourth-order valence-electron chi connectivity index (χ4n) is 4.50. The van der Waals surface area contributed by atoms with Crippen LogP contribution in [0.5, 0.6) is 11.5 Å². The first-order valence-electron chi connectivity index (χ1n) is 12.9. The Morgan fingerprint density at radius 2 is 1.48 bits per heavy atom. The number of ether oxygens (including phenoxy) is 2. The number of fused-ring (bicyclic) bond motifs is 1. The van der Waals surface area contributed by atoms with Gasteiger partial charge in [-0.15, -0.1) is 13.2 Å². The molecule has 0 heterocycles. The highest BCUT2D eigenvalue weighted by molar-refractivity contribution is 5.88. The maximum atomic E-state index is 15.3. The third-order valence-corrected chi connectivity index (χ3v) is 6.51. The average Bonchev–Trinajstić information content (AvgIpc) is 2.88. The van der Waals surface area contributed by atoms with E-state index in [0.29, 0.717) is 23.1 Å². The molecule has 0 fully saturated rings. The highest BCUT2D eigenvalue weighted by Crippen LogP contribution is 2.33. The molecule has 0 radical (unpaired) electrons. The number of benzene rings is 4. The predicted molar refractivity (Wildman–Crippen MR) is 139 cm³/mol. The van der Waals surface area contributed by atoms with Crippen molar-refractivity contribution >= 4 is 10.8 Å². The number of hydrogen-bond donors (Lipinski definition) is 0. The summed E-state index contributed by atoms with van der Waals surface area (Å²) in [5.74, 6) is -4.14. The van der Waals surface area contributed by atoms with Crippen LogP contribution in [-0.2, 0) is 12.8 Å². The molecule has 4 aromatic rings. The molecule has 40 heavy (non-hydrogen) atoms. The summed E-state index contributed by atoms with van der Waals surface area (Å²) < 4.78 is 105. The van der Waals surface area contributed by atoms with Crippen molar-refractivity contribution in [2.45, 2.75) is 51.8 Å². The summed E-state index contributed by atoms with van der Waals surface area (Å²) in [6, 6.07) is 12.8. The van der Waals surface area contributed by atoms with E-state index in [4.69, 9.17) is 4.74 Å². The van der Waals surface area contributed by atoms with Gasteiger partial charge in [0.05, 0.1) is 12.2 Å². The van der Waals surface area contributed by atoms with Gasteiger partial charge >= 0.3 is 6.36 Å². The van der Waals surface area contributed by atoms with Gasteiger partial charge in [0.1, 0.15) is 23.2 Å². The second-order valence-corrected chi connectivity index (χ2v) is 9.46. The fraction of sp³-hybridized carbons (Fsp3) is 0.290. The Labute approximate surface area is 227 Å². The summed E-state index contributed by atoms with van der Waals surface area (Å²) in [6.07, 6.45) is -0.818. The highest BCUT2D eigenvalue weighted by Gasteiger charge is 2.32. The molecule has 4 rings (SSSR count). The van der Waals surface area contributed by atoms with Gasteiger partial charge in [-0.2, -0.15) is 0 Å². The van der Waals surface area contributed by atoms with E-state index in [9.17, 15) is 26.3 Å². The number of alkyl halides is 3. The number of hydrogen-bond acceptors (Lipinski definition) is 2. The minimum absolute atomic E-state index is 0.106. The van der Waals surface area contributed by atoms with Crippen molar-refractivity contribution in [2.24, 2.45) is 0 Å². The lowest BCUT2D eigenvalue weighted by molar-refractivity contribution is -0.275. The highest BCUT2D eigenvalue weighted by atomic mass is 19.4. The summed E-state index contributed by atoms with van der Waals surface area (Å²) in [5, 5.41) is 0.655. The van der Waals surface area contributed by atoms with Crippen LogP contribution in [0.15, 0.2) is 60.7 Å². The summed E-state index contributed by atoms with van der Waals surface area (Å²) in [5.41, 5.74) is 0.653. The van der Waals surface area contributed by atoms with Crippen LogP contribution >= 0.6 is 0 Å². The Balaban J connectivity index is 1.48. The Kier molecular flexibility index (Phi) is 9.22. The lowest BCUT2D eigenvalue weighted by Gasteiger charge is -2.12. The topological polar surface area (TPSA) is 18.5 Å². The van der Waals surface area contributed by atoms with Crippen LogP contribution in [0.2, 0.25) is 0 Å². The van der Waals surface area contributed by atoms with E-state index in [0.717, 1.165) is 49.9 Å². The first-order chi connectivity index (χ1) is 19.1. The van der Waals surface area contributed by atoms with Crippen LogP contribution in [0.3, 0.4) is 0 Å². The van der Waals surface area contributed by atoms with Gasteiger partial charge in [-0.05, 0) is 59.5 Å². The van der Waals surface area contributed by atoms with Crippen LogP contribution in [0.25, 0.3) is 21.9 Å². The zero-order chi connectivity index (χ0) is 28.9. The molecular formula is C31H27F7O2. The lowest BCUT2D eigenvalue weighted by atomic mass is 9.96. The number of aryl methyl sites for hydroxylation is 2. The van der Waals surface area contributed by atoms with Crippen molar-refractivity contribution in [1.29, 1.82) is 0 Å². The molecule has 0 saturated carbocycles. The SMILES string of the molecule is CCCCCCOc1cc(F)c(-c2ccc3c(F)c(CCc4ccc(OC(F)(F)F)c(F)c4)ccc3c2)c(F)c1. The number of halogens is 7. The third kappa shape index (κ3) is 7.25. The molecule has 0 aliphatic heterocycles. The van der Waals surface area contributed by atoms with E-state index in [1.54, 1.807) is 6.07 Å². The van der Waals surface area contributed by atoms with Crippen LogP contribution in [0.4, 0.5) is 30.7 Å². The smallest absolute Gasteiger partial charge is 0.493 e. The molecule has 0 amide bonds. The van der Waals surface area contributed by atoms with Crippen molar-refractivity contribution in [1.82, 2.24) is 0 Å². The molecule has 0 spiro atoms. The molecule has 0 saturated heterocycles. The minimum Gasteiger partial charge on any atom is -0.493 e. The summed E-state index contributed by atoms with van der Waals surface area (Å²) in [7, 11) is 0. The Morgan fingerprint density at radius 3 is 2.15 bits per heavy atom. The van der Waals surface area contributed by atoms with Crippen molar-refractivity contribution in [2.75, 3.05) is 6.61 Å². The van der Waals surface area contributed by atoms with Crippen LogP contribution in [0.1, 0.15) is 43.7 Å². The van der Waals surface area contributed by atoms with E-state index >= 15 is 4.39 Å². The molecule has 4 aromatic carbocycles. The molecule has 0 aliphatic carbocycles. The van der Waals surface area contributed by atoms with Gasteiger partial charge in [-0.3, -0.25) is 0 Å². The monoisotopic (exact) mass is 564 g/mol. The summed E-state index contributed by atoms with van der Waals surface area (Å²) in [4.78, 5) is 0. The standard InChI is InChI=1S/C31H27F7O2/c1-2-3-4-5-14-39-23-17-26(33)29(27(34)18-23)22-11-12-24-21(16-22)10-9-20(30(24)35)8-6-19-7-13-28(25(32)15-19)40-31(36,37)38/h7,9-13,15-18H,2-6,8,14H2,1H3. The Hall–Kier alpha value is -3.75. The van der Waals surface area contributed by atoms with Gasteiger partial charge in [0.2, 0.25) is 0 Å². The second kappa shape index (κ2) is 12.6. The quantitative estimate of drug-likeness (QED) is 0.133. The zero-order valence-electron chi connectivity index (χ0n) is 21.7. The van der Waals surface area contributed by atoms with E-state index in [2.05, 4.69) is 11.7 Å². The molecule has 0 aliphatic rings. The molecule has 212 valence electrons. The number of rotatable bonds is 11. The van der Waals surface area contributed by atoms with Crippen molar-refractivity contribution in [3.8, 4) is 22.6 Å². The van der Waals surface area contributed by atoms with E-state index in [1.165, 1.54) is 30.3 Å². The van der Waals surface area contributed by atoms with Crippen molar-refractivity contribution in [3.63, 3.8) is 0 Å². The van der Waals surface area contributed by atoms with Crippen LogP contribution < -0.4 is 9.47 Å². The molecule has 2 nitrogen and oxygen atoms in total. The van der Waals surface area contributed by atoms with E-state index < -0.39 is 35.4 Å². The molecule has 0 unspecified atom stereocenters. The second-order valence-electron chi connectivity index (χ2n) is 9.46. The van der Waals surface area contributed by atoms with Gasteiger partial charge < -0.3 is 9.47 Å². The molecule has 0 bridgehead atoms. The van der Waals surface area contributed by atoms with E-state index in [1.807, 2.05) is 0 Å². The van der Waals surface area contributed by atoms with Crippen molar-refractivity contribution in [3.05, 3.63) is 95.1 Å². The predicted octanol–water partition coefficient (Wildman–Crippen LogP) is 9.71. The minimum atomic E-state index is -5.01. The Morgan fingerprint density at radius 1 is 0.725 bits per heavy atom. The van der Waals surface area contributed by atoms with Gasteiger partial charge in [0.25, 0.3) is 0 Å².